The van der Waals surface area contributed by atoms with Gasteiger partial charge in [0.25, 0.3) is 0 Å². The SMILES string of the molecule is O=C(CCc1ccc[nH]1)N1CC2OCCN(Cc3ccncc3)C2C1. The van der Waals surface area contributed by atoms with Gasteiger partial charge in [-0.1, -0.05) is 0 Å². The maximum absolute atomic E-state index is 12.6. The molecule has 0 saturated carbocycles. The van der Waals surface area contributed by atoms with E-state index in [1.165, 1.54) is 5.56 Å². The Morgan fingerprint density at radius 2 is 2.16 bits per heavy atom. The highest BCUT2D eigenvalue weighted by Gasteiger charge is 2.41. The third kappa shape index (κ3) is 3.75. The van der Waals surface area contributed by atoms with E-state index in [2.05, 4.69) is 27.0 Å². The first-order valence-electron chi connectivity index (χ1n) is 8.94. The summed E-state index contributed by atoms with van der Waals surface area (Å²) in [5, 5.41) is 0. The molecule has 2 unspecified atom stereocenters. The Bertz CT molecular complexity index is 689. The zero-order chi connectivity index (χ0) is 17.1. The average molecular weight is 340 g/mol. The molecule has 25 heavy (non-hydrogen) atoms. The highest BCUT2D eigenvalue weighted by Crippen LogP contribution is 2.25. The molecule has 2 aliphatic rings. The number of likely N-dealkylation sites (tertiary alicyclic amines) is 1. The van der Waals surface area contributed by atoms with Crippen LogP contribution in [0, 0.1) is 0 Å². The van der Waals surface area contributed by atoms with Crippen LogP contribution in [-0.4, -0.2) is 64.1 Å². The number of hydrogen-bond donors (Lipinski definition) is 1. The van der Waals surface area contributed by atoms with Crippen LogP contribution in [0.5, 0.6) is 0 Å². The fraction of sp³-hybridized carbons (Fsp3) is 0.474. The number of morpholine rings is 1. The molecule has 2 saturated heterocycles. The maximum Gasteiger partial charge on any atom is 0.223 e. The van der Waals surface area contributed by atoms with E-state index in [9.17, 15) is 4.79 Å². The summed E-state index contributed by atoms with van der Waals surface area (Å²) >= 11 is 0. The third-order valence-electron chi connectivity index (χ3n) is 5.17. The smallest absolute Gasteiger partial charge is 0.223 e. The molecule has 2 atom stereocenters. The second-order valence-corrected chi connectivity index (χ2v) is 6.80. The number of carbonyl (C=O) groups is 1. The number of fused-ring (bicyclic) bond motifs is 1. The Kier molecular flexibility index (Phi) is 4.81. The molecule has 132 valence electrons. The fourth-order valence-corrected chi connectivity index (χ4v) is 3.80. The second-order valence-electron chi connectivity index (χ2n) is 6.80. The predicted octanol–water partition coefficient (Wildman–Crippen LogP) is 1.45. The minimum Gasteiger partial charge on any atom is -0.373 e. The van der Waals surface area contributed by atoms with Gasteiger partial charge >= 0.3 is 0 Å². The van der Waals surface area contributed by atoms with Crippen LogP contribution in [0.1, 0.15) is 17.7 Å². The van der Waals surface area contributed by atoms with Gasteiger partial charge in [0, 0.05) is 56.9 Å². The number of pyridine rings is 1. The first kappa shape index (κ1) is 16.3. The number of aromatic nitrogens is 2. The summed E-state index contributed by atoms with van der Waals surface area (Å²) in [4.78, 5) is 24.2. The van der Waals surface area contributed by atoms with Gasteiger partial charge in [0.2, 0.25) is 5.91 Å². The Labute approximate surface area is 147 Å². The third-order valence-corrected chi connectivity index (χ3v) is 5.17. The van der Waals surface area contributed by atoms with Crippen LogP contribution in [0.25, 0.3) is 0 Å². The molecule has 0 bridgehead atoms. The summed E-state index contributed by atoms with van der Waals surface area (Å²) in [6.45, 7) is 4.00. The molecule has 4 rings (SSSR count). The highest BCUT2D eigenvalue weighted by atomic mass is 16.5. The molecular weight excluding hydrogens is 316 g/mol. The topological polar surface area (TPSA) is 61.5 Å². The number of nitrogens with one attached hydrogen (secondary N) is 1. The van der Waals surface area contributed by atoms with Crippen molar-refractivity contribution in [3.8, 4) is 0 Å². The normalized spacial score (nSPS) is 23.6. The summed E-state index contributed by atoms with van der Waals surface area (Å²) < 4.78 is 5.95. The van der Waals surface area contributed by atoms with Crippen LogP contribution in [0.3, 0.4) is 0 Å². The molecule has 0 aliphatic carbocycles. The van der Waals surface area contributed by atoms with Crippen molar-refractivity contribution in [1.29, 1.82) is 0 Å². The van der Waals surface area contributed by atoms with E-state index < -0.39 is 0 Å². The number of aryl methyl sites for hydroxylation is 1. The van der Waals surface area contributed by atoms with Crippen molar-refractivity contribution in [1.82, 2.24) is 19.8 Å². The lowest BCUT2D eigenvalue weighted by Crippen LogP contribution is -2.50. The average Bonchev–Trinajstić information content (AvgIpc) is 3.30. The molecule has 2 aliphatic heterocycles. The van der Waals surface area contributed by atoms with Crippen molar-refractivity contribution in [2.24, 2.45) is 0 Å². The lowest BCUT2D eigenvalue weighted by Gasteiger charge is -2.36. The van der Waals surface area contributed by atoms with E-state index in [1.54, 1.807) is 0 Å². The summed E-state index contributed by atoms with van der Waals surface area (Å²) in [6, 6.07) is 8.39. The Morgan fingerprint density at radius 3 is 2.96 bits per heavy atom. The molecule has 2 aromatic heterocycles. The van der Waals surface area contributed by atoms with Gasteiger partial charge in [0.1, 0.15) is 0 Å². The number of rotatable bonds is 5. The van der Waals surface area contributed by atoms with Crippen LogP contribution in [0.15, 0.2) is 42.9 Å². The van der Waals surface area contributed by atoms with Crippen molar-refractivity contribution in [2.75, 3.05) is 26.2 Å². The molecule has 4 heterocycles. The van der Waals surface area contributed by atoms with Gasteiger partial charge in [-0.05, 0) is 36.2 Å². The van der Waals surface area contributed by atoms with E-state index >= 15 is 0 Å². The van der Waals surface area contributed by atoms with Gasteiger partial charge in [0.05, 0.1) is 18.8 Å². The molecule has 2 fully saturated rings. The van der Waals surface area contributed by atoms with Crippen LogP contribution < -0.4 is 0 Å². The maximum atomic E-state index is 12.6. The molecule has 0 radical (unpaired) electrons. The largest absolute Gasteiger partial charge is 0.373 e. The fourth-order valence-electron chi connectivity index (χ4n) is 3.80. The number of hydrogen-bond acceptors (Lipinski definition) is 4. The van der Waals surface area contributed by atoms with Crippen molar-refractivity contribution in [2.45, 2.75) is 31.5 Å². The van der Waals surface area contributed by atoms with E-state index in [-0.39, 0.29) is 18.1 Å². The van der Waals surface area contributed by atoms with E-state index in [0.717, 1.165) is 38.4 Å². The van der Waals surface area contributed by atoms with Gasteiger partial charge in [-0.15, -0.1) is 0 Å². The predicted molar refractivity (Wildman–Crippen MR) is 93.9 cm³/mol. The number of H-pyrrole nitrogens is 1. The lowest BCUT2D eigenvalue weighted by molar-refractivity contribution is -0.130. The molecule has 1 amide bonds. The summed E-state index contributed by atoms with van der Waals surface area (Å²) in [6.07, 6.45) is 7.00. The van der Waals surface area contributed by atoms with Gasteiger partial charge in [0.15, 0.2) is 0 Å². The molecule has 2 aromatic rings. The van der Waals surface area contributed by atoms with Crippen LogP contribution >= 0.6 is 0 Å². The number of aromatic amines is 1. The summed E-state index contributed by atoms with van der Waals surface area (Å²) in [7, 11) is 0. The molecule has 0 spiro atoms. The number of amides is 1. The number of nitrogens with zero attached hydrogens (tertiary/aromatic N) is 3. The molecule has 0 aromatic carbocycles. The number of ether oxygens (including phenoxy) is 1. The van der Waals surface area contributed by atoms with E-state index in [0.29, 0.717) is 13.0 Å². The van der Waals surface area contributed by atoms with Crippen molar-refractivity contribution in [3.63, 3.8) is 0 Å². The van der Waals surface area contributed by atoms with Crippen LogP contribution in [-0.2, 0) is 22.5 Å². The van der Waals surface area contributed by atoms with Gasteiger partial charge in [-0.2, -0.15) is 0 Å². The molecule has 6 heteroatoms. The molecule has 6 nitrogen and oxygen atoms in total. The summed E-state index contributed by atoms with van der Waals surface area (Å²) in [5.41, 5.74) is 2.37. The van der Waals surface area contributed by atoms with Crippen molar-refractivity contribution >= 4 is 5.91 Å². The van der Waals surface area contributed by atoms with Crippen LogP contribution in [0.4, 0.5) is 0 Å². The number of carbonyl (C=O) groups excluding carboxylic acids is 1. The highest BCUT2D eigenvalue weighted by molar-refractivity contribution is 5.77. The van der Waals surface area contributed by atoms with E-state index in [1.807, 2.05) is 35.6 Å². The quantitative estimate of drug-likeness (QED) is 0.895. The minimum atomic E-state index is 0.130. The van der Waals surface area contributed by atoms with Crippen LogP contribution in [0.2, 0.25) is 0 Å². The van der Waals surface area contributed by atoms with Gasteiger partial charge in [-0.25, -0.2) is 0 Å². The van der Waals surface area contributed by atoms with E-state index in [4.69, 9.17) is 4.74 Å². The Hall–Kier alpha value is -2.18. The second kappa shape index (κ2) is 7.37. The van der Waals surface area contributed by atoms with Gasteiger partial charge < -0.3 is 14.6 Å². The lowest BCUT2D eigenvalue weighted by atomic mass is 10.1. The minimum absolute atomic E-state index is 0.130. The first-order valence-corrected chi connectivity index (χ1v) is 8.94. The standard InChI is InChI=1S/C19H24N4O2/c24-19(4-3-16-2-1-7-21-16)23-13-17-18(14-23)25-11-10-22(17)12-15-5-8-20-9-6-15/h1-2,5-9,17-18,21H,3-4,10-14H2. The molecule has 1 N–H and O–H groups in total. The first-order chi connectivity index (χ1) is 12.3. The zero-order valence-electron chi connectivity index (χ0n) is 14.3. The van der Waals surface area contributed by atoms with Crippen molar-refractivity contribution in [3.05, 3.63) is 54.1 Å². The van der Waals surface area contributed by atoms with Gasteiger partial charge in [-0.3, -0.25) is 14.7 Å². The zero-order valence-corrected chi connectivity index (χ0v) is 14.3. The molecular formula is C19H24N4O2. The Balaban J connectivity index is 1.36. The monoisotopic (exact) mass is 340 g/mol. The van der Waals surface area contributed by atoms with Crippen molar-refractivity contribution < 1.29 is 9.53 Å². The summed E-state index contributed by atoms with van der Waals surface area (Å²) in [5.74, 6) is 0.219. The Morgan fingerprint density at radius 1 is 1.28 bits per heavy atom.